The molecule has 42 heavy (non-hydrogen) atoms. The van der Waals surface area contributed by atoms with Gasteiger partial charge in [-0.25, -0.2) is 4.98 Å². The number of rotatable bonds is 3. The van der Waals surface area contributed by atoms with Crippen LogP contribution in [0.25, 0.3) is 61.4 Å². The Labute approximate surface area is 256 Å². The van der Waals surface area contributed by atoms with Crippen molar-refractivity contribution in [3.63, 3.8) is 0 Å². The second-order valence-corrected chi connectivity index (χ2v) is 9.59. The van der Waals surface area contributed by atoms with Gasteiger partial charge in [0.1, 0.15) is 5.58 Å². The molecule has 5 nitrogen and oxygen atoms in total. The van der Waals surface area contributed by atoms with Gasteiger partial charge in [-0.15, -0.1) is 54.1 Å². The van der Waals surface area contributed by atoms with Gasteiger partial charge in [0, 0.05) is 43.6 Å². The van der Waals surface area contributed by atoms with Crippen LogP contribution in [0.5, 0.6) is 0 Å². The van der Waals surface area contributed by atoms with Crippen LogP contribution in [0.4, 0.5) is 0 Å². The van der Waals surface area contributed by atoms with Gasteiger partial charge >= 0.3 is 0 Å². The van der Waals surface area contributed by atoms with Crippen LogP contribution >= 0.6 is 0 Å². The van der Waals surface area contributed by atoms with Crippen molar-refractivity contribution in [3.05, 3.63) is 145 Å². The van der Waals surface area contributed by atoms with Crippen LogP contribution in [0.15, 0.2) is 132 Å². The Morgan fingerprint density at radius 2 is 1.50 bits per heavy atom. The fourth-order valence-electron chi connectivity index (χ4n) is 5.01. The molecular weight excluding hydrogens is 697 g/mol. The number of hydrogen-bond acceptors (Lipinski definition) is 4. The zero-order chi connectivity index (χ0) is 27.6. The van der Waals surface area contributed by atoms with Gasteiger partial charge in [-0.1, -0.05) is 59.5 Å². The largest absolute Gasteiger partial charge is 0.501 e. The number of fused-ring (bicyclic) bond motifs is 4. The Kier molecular flexibility index (Phi) is 7.74. The number of imidazole rings is 1. The maximum absolute atomic E-state index is 6.25. The van der Waals surface area contributed by atoms with Gasteiger partial charge in [0.15, 0.2) is 5.65 Å². The summed E-state index contributed by atoms with van der Waals surface area (Å²) >= 11 is 0. The molecule has 0 N–H and O–H groups in total. The van der Waals surface area contributed by atoms with Gasteiger partial charge in [-0.3, -0.25) is 4.98 Å². The number of aryl methyl sites for hydroxylation is 1. The molecule has 0 aliphatic rings. The van der Waals surface area contributed by atoms with Gasteiger partial charge in [0.05, 0.1) is 16.9 Å². The summed E-state index contributed by atoms with van der Waals surface area (Å²) in [6.07, 6.45) is 3.62. The minimum absolute atomic E-state index is 0. The van der Waals surface area contributed by atoms with Crippen molar-refractivity contribution in [1.29, 1.82) is 0 Å². The summed E-state index contributed by atoms with van der Waals surface area (Å²) in [4.78, 5) is 13.8. The van der Waals surface area contributed by atoms with Crippen molar-refractivity contribution < 1.29 is 24.5 Å². The van der Waals surface area contributed by atoms with Crippen molar-refractivity contribution in [2.24, 2.45) is 0 Å². The monoisotopic (exact) mass is 721 g/mol. The predicted molar refractivity (Wildman–Crippen MR) is 164 cm³/mol. The number of pyridine rings is 2. The number of hydrogen-bond donors (Lipinski definition) is 0. The van der Waals surface area contributed by atoms with E-state index in [4.69, 9.17) is 9.40 Å². The molecular formula is C36H24IrN4O-2. The molecule has 0 aliphatic heterocycles. The van der Waals surface area contributed by atoms with E-state index in [9.17, 15) is 0 Å². The van der Waals surface area contributed by atoms with Crippen molar-refractivity contribution in [2.45, 2.75) is 6.92 Å². The van der Waals surface area contributed by atoms with E-state index in [-0.39, 0.29) is 20.1 Å². The zero-order valence-electron chi connectivity index (χ0n) is 22.7. The summed E-state index contributed by atoms with van der Waals surface area (Å²) in [6.45, 7) is 2.06. The molecule has 0 fully saturated rings. The molecule has 6 heteroatoms. The average molecular weight is 721 g/mol. The van der Waals surface area contributed by atoms with Crippen LogP contribution < -0.4 is 0 Å². The molecule has 0 aliphatic carbocycles. The topological polar surface area (TPSA) is 56.7 Å². The Bertz CT molecular complexity index is 2070. The molecule has 4 aromatic heterocycles. The third-order valence-corrected chi connectivity index (χ3v) is 6.97. The molecule has 0 unspecified atom stereocenters. The van der Waals surface area contributed by atoms with Crippen molar-refractivity contribution in [3.8, 4) is 28.3 Å². The molecule has 8 rings (SSSR count). The van der Waals surface area contributed by atoms with E-state index in [2.05, 4.69) is 51.8 Å². The molecule has 4 aromatic carbocycles. The Balaban J connectivity index is 0.000000205. The van der Waals surface area contributed by atoms with E-state index in [0.717, 1.165) is 67.0 Å². The average Bonchev–Trinajstić information content (AvgIpc) is 3.62. The standard InChI is InChI=1S/C25H16N3O.C11H8N.Ir/c1-16-14-15-26-25-22(16)27-24(28(25)17-8-3-2-4-9-17)20-12-7-11-19-18-10-5-6-13-21(18)29-23(19)20;1-2-6-10(7-3-1)11-8-4-5-9-12-11;/h2-11,13-15H,1H3;1-6,8-9H;/q2*-1;. The predicted octanol–water partition coefficient (Wildman–Crippen LogP) is 8.64. The van der Waals surface area contributed by atoms with Gasteiger partial charge in [0.25, 0.3) is 0 Å². The first-order valence-corrected chi connectivity index (χ1v) is 13.4. The van der Waals surface area contributed by atoms with Gasteiger partial charge in [-0.05, 0) is 48.5 Å². The van der Waals surface area contributed by atoms with Crippen LogP contribution in [0.1, 0.15) is 5.56 Å². The van der Waals surface area contributed by atoms with Crippen LogP contribution in [-0.4, -0.2) is 19.5 Å². The first-order chi connectivity index (χ1) is 20.3. The number of para-hydroxylation sites is 2. The van der Waals surface area contributed by atoms with Gasteiger partial charge < -0.3 is 14.0 Å². The van der Waals surface area contributed by atoms with Crippen LogP contribution in [-0.2, 0) is 20.1 Å². The quantitative estimate of drug-likeness (QED) is 0.172. The summed E-state index contributed by atoms with van der Waals surface area (Å²) in [5.41, 5.74) is 8.29. The number of aromatic nitrogens is 4. The van der Waals surface area contributed by atoms with Crippen molar-refractivity contribution in [2.75, 3.05) is 0 Å². The van der Waals surface area contributed by atoms with E-state index in [1.165, 1.54) is 0 Å². The summed E-state index contributed by atoms with van der Waals surface area (Å²) < 4.78 is 8.33. The van der Waals surface area contributed by atoms with E-state index >= 15 is 0 Å². The van der Waals surface area contributed by atoms with Crippen LogP contribution in [0, 0.1) is 19.1 Å². The second kappa shape index (κ2) is 11.9. The van der Waals surface area contributed by atoms with E-state index in [1.54, 1.807) is 6.20 Å². The third kappa shape index (κ3) is 5.03. The number of nitrogens with zero attached hydrogens (tertiary/aromatic N) is 4. The fraction of sp³-hybridized carbons (Fsp3) is 0.0278. The molecule has 1 radical (unpaired) electrons. The Morgan fingerprint density at radius 1 is 0.690 bits per heavy atom. The Hall–Kier alpha value is -4.90. The molecule has 0 atom stereocenters. The first kappa shape index (κ1) is 27.3. The normalized spacial score (nSPS) is 10.8. The maximum atomic E-state index is 6.25. The van der Waals surface area contributed by atoms with Crippen molar-refractivity contribution in [1.82, 2.24) is 19.5 Å². The smallest absolute Gasteiger partial charge is 0.155 e. The molecule has 0 amide bonds. The summed E-state index contributed by atoms with van der Waals surface area (Å²) in [6, 6.07) is 44.4. The first-order valence-electron chi connectivity index (χ1n) is 13.4. The summed E-state index contributed by atoms with van der Waals surface area (Å²) in [5.74, 6) is 0.776. The molecule has 8 aromatic rings. The zero-order valence-corrected chi connectivity index (χ0v) is 25.0. The van der Waals surface area contributed by atoms with E-state index in [1.807, 2.05) is 103 Å². The van der Waals surface area contributed by atoms with E-state index < -0.39 is 0 Å². The molecule has 205 valence electrons. The molecule has 0 saturated heterocycles. The van der Waals surface area contributed by atoms with Crippen LogP contribution in [0.2, 0.25) is 0 Å². The maximum Gasteiger partial charge on any atom is 0.155 e. The Morgan fingerprint density at radius 3 is 2.31 bits per heavy atom. The number of furan rings is 1. The van der Waals surface area contributed by atoms with Crippen molar-refractivity contribution >= 4 is 33.1 Å². The second-order valence-electron chi connectivity index (χ2n) is 9.59. The SMILES string of the molecule is Cc1ccnc2c1nc(-c1[c-]ccc3c1oc1ccccc13)n2-c1ccccc1.[Ir].[c-]1ccccc1-c1ccccn1. The van der Waals surface area contributed by atoms with Gasteiger partial charge in [-0.2, -0.15) is 0 Å². The summed E-state index contributed by atoms with van der Waals surface area (Å²) in [5, 5.41) is 2.15. The summed E-state index contributed by atoms with van der Waals surface area (Å²) in [7, 11) is 0. The number of benzene rings is 4. The molecule has 0 saturated carbocycles. The third-order valence-electron chi connectivity index (χ3n) is 6.97. The minimum atomic E-state index is 0. The minimum Gasteiger partial charge on any atom is -0.501 e. The molecule has 0 spiro atoms. The van der Waals surface area contributed by atoms with Gasteiger partial charge in [0.2, 0.25) is 0 Å². The fourth-order valence-corrected chi connectivity index (χ4v) is 5.01. The van der Waals surface area contributed by atoms with E-state index in [0.29, 0.717) is 0 Å². The van der Waals surface area contributed by atoms with Crippen LogP contribution in [0.3, 0.4) is 0 Å². The molecule has 4 heterocycles. The molecule has 0 bridgehead atoms.